The fourth-order valence-corrected chi connectivity index (χ4v) is 4.77. The normalized spacial score (nSPS) is 20.7. The molecule has 2 aliphatic rings. The van der Waals surface area contributed by atoms with Gasteiger partial charge in [-0.2, -0.15) is 13.2 Å². The van der Waals surface area contributed by atoms with E-state index in [4.69, 9.17) is 0 Å². The fraction of sp³-hybridized carbons (Fsp3) is 0.647. The summed E-state index contributed by atoms with van der Waals surface area (Å²) < 4.78 is 76.0. The monoisotopic (exact) mass is 394 g/mol. The van der Waals surface area contributed by atoms with Crippen molar-refractivity contribution in [2.24, 2.45) is 5.92 Å². The molecule has 2 saturated heterocycles. The number of nitrogens with zero attached hydrogens (tertiary/aromatic N) is 2. The van der Waals surface area contributed by atoms with Crippen LogP contribution >= 0.6 is 0 Å². The molecular weight excluding hydrogens is 372 g/mol. The molecule has 0 N–H and O–H groups in total. The van der Waals surface area contributed by atoms with Gasteiger partial charge in [0.25, 0.3) is 9.84 Å². The van der Waals surface area contributed by atoms with Gasteiger partial charge in [-0.25, -0.2) is 12.8 Å². The number of likely N-dealkylation sites (tertiary alicyclic amines) is 1. The van der Waals surface area contributed by atoms with Crippen LogP contribution in [0.1, 0.15) is 25.7 Å². The molecule has 0 unspecified atom stereocenters. The highest BCUT2D eigenvalue weighted by atomic mass is 32.2. The van der Waals surface area contributed by atoms with Gasteiger partial charge in [-0.1, -0.05) is 0 Å². The Kier molecular flexibility index (Phi) is 5.48. The van der Waals surface area contributed by atoms with Crippen LogP contribution < -0.4 is 4.90 Å². The van der Waals surface area contributed by atoms with Gasteiger partial charge in [0.15, 0.2) is 0 Å². The van der Waals surface area contributed by atoms with Gasteiger partial charge in [-0.05, 0) is 62.9 Å². The third-order valence-corrected chi connectivity index (χ3v) is 6.70. The summed E-state index contributed by atoms with van der Waals surface area (Å²) in [5.74, 6) is -0.548. The van der Waals surface area contributed by atoms with Crippen LogP contribution in [0.25, 0.3) is 0 Å². The van der Waals surface area contributed by atoms with E-state index < -0.39 is 26.1 Å². The maximum atomic E-state index is 13.5. The number of benzene rings is 1. The molecule has 146 valence electrons. The highest BCUT2D eigenvalue weighted by Gasteiger charge is 2.48. The minimum absolute atomic E-state index is 0.0663. The molecule has 26 heavy (non-hydrogen) atoms. The molecular formula is C17H22F4N2O2S. The molecule has 3 rings (SSSR count). The lowest BCUT2D eigenvalue weighted by Gasteiger charge is -2.36. The second kappa shape index (κ2) is 7.34. The van der Waals surface area contributed by atoms with Crippen LogP contribution in [0.15, 0.2) is 23.1 Å². The summed E-state index contributed by atoms with van der Waals surface area (Å²) >= 11 is 0. The van der Waals surface area contributed by atoms with Gasteiger partial charge < -0.3 is 9.80 Å². The van der Waals surface area contributed by atoms with E-state index in [0.29, 0.717) is 25.1 Å². The molecule has 2 fully saturated rings. The van der Waals surface area contributed by atoms with Crippen LogP contribution in [0.2, 0.25) is 0 Å². The first-order chi connectivity index (χ1) is 12.2. The second-order valence-corrected chi connectivity index (χ2v) is 8.91. The molecule has 2 heterocycles. The zero-order chi connectivity index (χ0) is 18.9. The number of sulfone groups is 1. The SMILES string of the molecule is O=S(=O)(c1cc(F)ccc1N1CCC(CN2CCCC2)CC1)C(F)(F)F. The molecule has 2 aliphatic heterocycles. The van der Waals surface area contributed by atoms with E-state index in [1.54, 1.807) is 4.90 Å². The number of anilines is 1. The van der Waals surface area contributed by atoms with E-state index in [1.165, 1.54) is 12.8 Å². The summed E-state index contributed by atoms with van der Waals surface area (Å²) in [4.78, 5) is 3.03. The van der Waals surface area contributed by atoms with Crippen molar-refractivity contribution in [3.05, 3.63) is 24.0 Å². The minimum atomic E-state index is -5.60. The predicted octanol–water partition coefficient (Wildman–Crippen LogP) is 3.43. The zero-order valence-electron chi connectivity index (χ0n) is 14.3. The Hall–Kier alpha value is -1.35. The van der Waals surface area contributed by atoms with Crippen molar-refractivity contribution in [2.45, 2.75) is 36.1 Å². The topological polar surface area (TPSA) is 40.6 Å². The Balaban J connectivity index is 1.76. The van der Waals surface area contributed by atoms with Crippen molar-refractivity contribution >= 4 is 15.5 Å². The van der Waals surface area contributed by atoms with E-state index in [-0.39, 0.29) is 5.69 Å². The second-order valence-electron chi connectivity index (χ2n) is 7.00. The molecule has 1 aromatic carbocycles. The molecule has 0 aliphatic carbocycles. The molecule has 0 radical (unpaired) electrons. The van der Waals surface area contributed by atoms with Gasteiger partial charge in [-0.3, -0.25) is 0 Å². The molecule has 0 aromatic heterocycles. The Labute approximate surface area is 150 Å². The number of piperidine rings is 1. The minimum Gasteiger partial charge on any atom is -0.370 e. The molecule has 0 amide bonds. The van der Waals surface area contributed by atoms with Crippen LogP contribution in [0.3, 0.4) is 0 Å². The van der Waals surface area contributed by atoms with Gasteiger partial charge in [0.2, 0.25) is 0 Å². The number of hydrogen-bond acceptors (Lipinski definition) is 4. The van der Waals surface area contributed by atoms with Gasteiger partial charge >= 0.3 is 5.51 Å². The summed E-state index contributed by atoms with van der Waals surface area (Å²) in [6.45, 7) is 4.08. The largest absolute Gasteiger partial charge is 0.501 e. The van der Waals surface area contributed by atoms with Crippen LogP contribution in [-0.4, -0.2) is 51.5 Å². The van der Waals surface area contributed by atoms with Gasteiger partial charge in [-0.15, -0.1) is 0 Å². The molecule has 9 heteroatoms. The van der Waals surface area contributed by atoms with Crippen molar-refractivity contribution in [1.82, 2.24) is 4.90 Å². The third kappa shape index (κ3) is 3.98. The Bertz CT molecular complexity index is 738. The first-order valence-electron chi connectivity index (χ1n) is 8.77. The number of rotatable bonds is 4. The maximum Gasteiger partial charge on any atom is 0.501 e. The van der Waals surface area contributed by atoms with E-state index in [0.717, 1.165) is 44.6 Å². The summed E-state index contributed by atoms with van der Waals surface area (Å²) in [6, 6.07) is 2.60. The number of hydrogen-bond donors (Lipinski definition) is 0. The quantitative estimate of drug-likeness (QED) is 0.734. The van der Waals surface area contributed by atoms with Crippen molar-refractivity contribution in [3.63, 3.8) is 0 Å². The van der Waals surface area contributed by atoms with E-state index in [2.05, 4.69) is 4.90 Å². The van der Waals surface area contributed by atoms with E-state index in [9.17, 15) is 26.0 Å². The molecule has 4 nitrogen and oxygen atoms in total. The summed E-state index contributed by atoms with van der Waals surface area (Å²) in [5.41, 5.74) is -5.52. The average Bonchev–Trinajstić information content (AvgIpc) is 3.07. The lowest BCUT2D eigenvalue weighted by atomic mass is 9.96. The molecule has 1 aromatic rings. The van der Waals surface area contributed by atoms with Crippen LogP contribution in [0, 0.1) is 11.7 Å². The smallest absolute Gasteiger partial charge is 0.370 e. The first kappa shape index (κ1) is 19.4. The molecule has 0 bridgehead atoms. The van der Waals surface area contributed by atoms with Crippen molar-refractivity contribution in [3.8, 4) is 0 Å². The average molecular weight is 394 g/mol. The standard InChI is InChI=1S/C17H22F4N2O2S/c18-14-3-4-15(16(11-14)26(24,25)17(19,20)21)23-9-5-13(6-10-23)12-22-7-1-2-8-22/h3-4,11,13H,1-2,5-10,12H2. The lowest BCUT2D eigenvalue weighted by Crippen LogP contribution is -2.39. The maximum absolute atomic E-state index is 13.5. The highest BCUT2D eigenvalue weighted by molar-refractivity contribution is 7.92. The Morgan fingerprint density at radius 3 is 2.23 bits per heavy atom. The predicted molar refractivity (Wildman–Crippen MR) is 90.3 cm³/mol. The number of halogens is 4. The third-order valence-electron chi connectivity index (χ3n) is 5.19. The first-order valence-corrected chi connectivity index (χ1v) is 10.2. The molecule has 0 spiro atoms. The van der Waals surface area contributed by atoms with E-state index >= 15 is 0 Å². The number of alkyl halides is 3. The highest BCUT2D eigenvalue weighted by Crippen LogP contribution is 2.37. The molecule has 0 saturated carbocycles. The Morgan fingerprint density at radius 2 is 1.65 bits per heavy atom. The van der Waals surface area contributed by atoms with Crippen molar-refractivity contribution < 1.29 is 26.0 Å². The fourth-order valence-electron chi connectivity index (χ4n) is 3.78. The van der Waals surface area contributed by atoms with Gasteiger partial charge in [0.05, 0.1) is 5.69 Å². The van der Waals surface area contributed by atoms with Crippen LogP contribution in [0.4, 0.5) is 23.2 Å². The van der Waals surface area contributed by atoms with E-state index in [1.807, 2.05) is 0 Å². The van der Waals surface area contributed by atoms with Crippen molar-refractivity contribution in [1.29, 1.82) is 0 Å². The summed E-state index contributed by atoms with van der Waals surface area (Å²) in [5, 5.41) is 0. The summed E-state index contributed by atoms with van der Waals surface area (Å²) in [6.07, 6.45) is 3.96. The zero-order valence-corrected chi connectivity index (χ0v) is 15.1. The van der Waals surface area contributed by atoms with Gasteiger partial charge in [0.1, 0.15) is 10.7 Å². The molecule has 0 atom stereocenters. The van der Waals surface area contributed by atoms with Crippen molar-refractivity contribution in [2.75, 3.05) is 37.6 Å². The Morgan fingerprint density at radius 1 is 1.04 bits per heavy atom. The van der Waals surface area contributed by atoms with Crippen LogP contribution in [-0.2, 0) is 9.84 Å². The van der Waals surface area contributed by atoms with Crippen LogP contribution in [0.5, 0.6) is 0 Å². The summed E-state index contributed by atoms with van der Waals surface area (Å²) in [7, 11) is -5.60. The van der Waals surface area contributed by atoms with Gasteiger partial charge in [0, 0.05) is 19.6 Å². The lowest BCUT2D eigenvalue weighted by molar-refractivity contribution is -0.0435.